The molecule has 0 aromatic carbocycles. The number of nitrogens with one attached hydrogen (secondary N) is 1. The largest absolute Gasteiger partial charge is 0.380 e. The van der Waals surface area contributed by atoms with Crippen molar-refractivity contribution >= 4 is 11.8 Å². The lowest BCUT2D eigenvalue weighted by atomic mass is 10.4. The summed E-state index contributed by atoms with van der Waals surface area (Å²) in [7, 11) is 0. The van der Waals surface area contributed by atoms with Crippen molar-refractivity contribution in [3.8, 4) is 0 Å². The summed E-state index contributed by atoms with van der Waals surface area (Å²) in [5.74, 6) is 3.41. The molecule has 0 saturated heterocycles. The fourth-order valence-electron chi connectivity index (χ4n) is 0.928. The van der Waals surface area contributed by atoms with Crippen LogP contribution in [0.15, 0.2) is 0 Å². The lowest BCUT2D eigenvalue weighted by Gasteiger charge is -2.19. The van der Waals surface area contributed by atoms with Crippen molar-refractivity contribution in [2.45, 2.75) is 13.8 Å². The second-order valence-electron chi connectivity index (χ2n) is 2.56. The topological polar surface area (TPSA) is 84.7 Å². The van der Waals surface area contributed by atoms with E-state index in [0.717, 1.165) is 0 Å². The number of ether oxygens (including phenoxy) is 1. The van der Waals surface area contributed by atoms with Crippen LogP contribution in [-0.4, -0.2) is 43.0 Å². The molecular weight excluding hydrogens is 186 g/mol. The van der Waals surface area contributed by atoms with Gasteiger partial charge in [-0.05, 0) is 13.8 Å². The van der Waals surface area contributed by atoms with Crippen molar-refractivity contribution in [2.75, 3.05) is 26.3 Å². The number of nitrogens with zero attached hydrogens (tertiary/aromatic N) is 1. The Bertz CT molecular complexity index is 196. The fourth-order valence-corrected chi connectivity index (χ4v) is 0.928. The number of hydrogen-bond acceptors (Lipinski definition) is 4. The molecule has 0 saturated carbocycles. The van der Waals surface area contributed by atoms with Crippen LogP contribution < -0.4 is 11.3 Å². The molecule has 0 aliphatic heterocycles. The molecular formula is C8H17N3O3. The van der Waals surface area contributed by atoms with Gasteiger partial charge in [0.25, 0.3) is 0 Å². The highest BCUT2D eigenvalue weighted by Crippen LogP contribution is 1.90. The quantitative estimate of drug-likeness (QED) is 0.194. The summed E-state index contributed by atoms with van der Waals surface area (Å²) in [6.45, 7) is 5.52. The van der Waals surface area contributed by atoms with Crippen molar-refractivity contribution in [3.05, 3.63) is 0 Å². The normalized spacial score (nSPS) is 9.64. The number of amides is 2. The average molecular weight is 203 g/mol. The molecule has 0 aliphatic rings. The van der Waals surface area contributed by atoms with E-state index in [9.17, 15) is 9.59 Å². The Morgan fingerprint density at radius 3 is 2.50 bits per heavy atom. The van der Waals surface area contributed by atoms with Crippen LogP contribution in [0.5, 0.6) is 0 Å². The predicted molar refractivity (Wildman–Crippen MR) is 51.1 cm³/mol. The maximum Gasteiger partial charge on any atom is 0.323 e. The molecule has 0 radical (unpaired) electrons. The summed E-state index contributed by atoms with van der Waals surface area (Å²) in [6.07, 6.45) is 0. The van der Waals surface area contributed by atoms with E-state index in [1.54, 1.807) is 12.3 Å². The maximum absolute atomic E-state index is 11.3. The van der Waals surface area contributed by atoms with E-state index in [4.69, 9.17) is 10.6 Å². The van der Waals surface area contributed by atoms with Crippen LogP contribution in [0, 0.1) is 0 Å². The molecule has 0 rings (SSSR count). The molecule has 0 spiro atoms. The minimum atomic E-state index is -0.802. The standard InChI is InChI=1S/C8H17N3O3/c1-3-11(5-6-14-4-2)8(13)7(12)10-9/h3-6,9H2,1-2H3,(H,10,12). The lowest BCUT2D eigenvalue weighted by molar-refractivity contribution is -0.146. The molecule has 0 heterocycles. The number of rotatable bonds is 5. The van der Waals surface area contributed by atoms with Gasteiger partial charge in [0, 0.05) is 19.7 Å². The summed E-state index contributed by atoms with van der Waals surface area (Å²) in [5.41, 5.74) is 1.80. The van der Waals surface area contributed by atoms with Gasteiger partial charge in [-0.15, -0.1) is 0 Å². The first-order valence-electron chi connectivity index (χ1n) is 4.54. The van der Waals surface area contributed by atoms with E-state index >= 15 is 0 Å². The first kappa shape index (κ1) is 12.9. The Labute approximate surface area is 83.4 Å². The molecule has 14 heavy (non-hydrogen) atoms. The second-order valence-corrected chi connectivity index (χ2v) is 2.56. The summed E-state index contributed by atoms with van der Waals surface area (Å²) in [6, 6.07) is 0. The lowest BCUT2D eigenvalue weighted by Crippen LogP contribution is -2.46. The molecule has 0 aromatic rings. The van der Waals surface area contributed by atoms with Crippen molar-refractivity contribution in [1.82, 2.24) is 10.3 Å². The van der Waals surface area contributed by atoms with Gasteiger partial charge in [0.1, 0.15) is 0 Å². The third-order valence-corrected chi connectivity index (χ3v) is 1.70. The van der Waals surface area contributed by atoms with Crippen LogP contribution in [0.4, 0.5) is 0 Å². The molecule has 0 fully saturated rings. The van der Waals surface area contributed by atoms with Crippen molar-refractivity contribution in [2.24, 2.45) is 5.84 Å². The summed E-state index contributed by atoms with van der Waals surface area (Å²) >= 11 is 0. The van der Waals surface area contributed by atoms with Crippen molar-refractivity contribution < 1.29 is 14.3 Å². The zero-order valence-corrected chi connectivity index (χ0v) is 8.58. The van der Waals surface area contributed by atoms with Gasteiger partial charge in [0.05, 0.1) is 6.61 Å². The minimum absolute atomic E-state index is 0.399. The molecule has 82 valence electrons. The predicted octanol–water partition coefficient (Wildman–Crippen LogP) is -1.14. The fraction of sp³-hybridized carbons (Fsp3) is 0.750. The van der Waals surface area contributed by atoms with Gasteiger partial charge in [-0.25, -0.2) is 5.84 Å². The molecule has 6 heteroatoms. The Balaban J connectivity index is 3.99. The SMILES string of the molecule is CCOCCN(CC)C(=O)C(=O)NN. The first-order chi connectivity index (χ1) is 6.67. The number of hydrazine groups is 1. The van der Waals surface area contributed by atoms with Gasteiger partial charge >= 0.3 is 11.8 Å². The van der Waals surface area contributed by atoms with Gasteiger partial charge in [-0.3, -0.25) is 15.0 Å². The van der Waals surface area contributed by atoms with Gasteiger partial charge in [0.2, 0.25) is 0 Å². The molecule has 3 N–H and O–H groups in total. The average Bonchev–Trinajstić information content (AvgIpc) is 2.22. The third kappa shape index (κ3) is 4.20. The number of carbonyl (C=O) groups excluding carboxylic acids is 2. The molecule has 0 atom stereocenters. The van der Waals surface area contributed by atoms with Crippen LogP contribution >= 0.6 is 0 Å². The monoisotopic (exact) mass is 203 g/mol. The number of likely N-dealkylation sites (N-methyl/N-ethyl adjacent to an activating group) is 1. The van der Waals surface area contributed by atoms with Crippen molar-refractivity contribution in [3.63, 3.8) is 0 Å². The van der Waals surface area contributed by atoms with Gasteiger partial charge in [-0.2, -0.15) is 0 Å². The number of nitrogens with two attached hydrogens (primary N) is 1. The van der Waals surface area contributed by atoms with E-state index in [2.05, 4.69) is 0 Å². The van der Waals surface area contributed by atoms with E-state index in [0.29, 0.717) is 26.3 Å². The molecule has 0 bridgehead atoms. The van der Waals surface area contributed by atoms with Crippen LogP contribution in [0.3, 0.4) is 0 Å². The minimum Gasteiger partial charge on any atom is -0.380 e. The van der Waals surface area contributed by atoms with Crippen LogP contribution in [0.25, 0.3) is 0 Å². The zero-order chi connectivity index (χ0) is 11.0. The van der Waals surface area contributed by atoms with E-state index in [1.165, 1.54) is 4.90 Å². The Kier molecular flexibility index (Phi) is 6.69. The van der Waals surface area contributed by atoms with Gasteiger partial charge < -0.3 is 9.64 Å². The molecule has 6 nitrogen and oxygen atoms in total. The Hall–Kier alpha value is -1.14. The second kappa shape index (κ2) is 7.28. The molecule has 2 amide bonds. The molecule has 0 aliphatic carbocycles. The van der Waals surface area contributed by atoms with Gasteiger partial charge in [-0.1, -0.05) is 0 Å². The molecule has 0 unspecified atom stereocenters. The Morgan fingerprint density at radius 1 is 1.43 bits per heavy atom. The highest BCUT2D eigenvalue weighted by atomic mass is 16.5. The van der Waals surface area contributed by atoms with E-state index in [-0.39, 0.29) is 0 Å². The number of carbonyl (C=O) groups is 2. The zero-order valence-electron chi connectivity index (χ0n) is 8.58. The van der Waals surface area contributed by atoms with E-state index < -0.39 is 11.8 Å². The smallest absolute Gasteiger partial charge is 0.323 e. The number of hydrogen-bond donors (Lipinski definition) is 2. The first-order valence-corrected chi connectivity index (χ1v) is 4.54. The summed E-state index contributed by atoms with van der Waals surface area (Å²) < 4.78 is 5.07. The Morgan fingerprint density at radius 2 is 2.07 bits per heavy atom. The molecule has 0 aromatic heterocycles. The van der Waals surface area contributed by atoms with Crippen LogP contribution in [0.2, 0.25) is 0 Å². The highest BCUT2D eigenvalue weighted by Gasteiger charge is 2.18. The third-order valence-electron chi connectivity index (χ3n) is 1.70. The summed E-state index contributed by atoms with van der Waals surface area (Å²) in [4.78, 5) is 23.5. The summed E-state index contributed by atoms with van der Waals surface area (Å²) in [5, 5.41) is 0. The van der Waals surface area contributed by atoms with E-state index in [1.807, 2.05) is 6.92 Å². The van der Waals surface area contributed by atoms with Crippen LogP contribution in [-0.2, 0) is 14.3 Å². The van der Waals surface area contributed by atoms with Gasteiger partial charge in [0.15, 0.2) is 0 Å². The van der Waals surface area contributed by atoms with Crippen LogP contribution in [0.1, 0.15) is 13.8 Å². The maximum atomic E-state index is 11.3. The highest BCUT2D eigenvalue weighted by molar-refractivity contribution is 6.34. The van der Waals surface area contributed by atoms with Crippen molar-refractivity contribution in [1.29, 1.82) is 0 Å².